The van der Waals surface area contributed by atoms with Crippen molar-refractivity contribution in [3.8, 4) is 0 Å². The van der Waals surface area contributed by atoms with Crippen molar-refractivity contribution in [2.45, 2.75) is 38.8 Å². The largest absolute Gasteiger partial charge is 0.387 e. The number of rotatable bonds is 7. The van der Waals surface area contributed by atoms with Gasteiger partial charge in [-0.15, -0.1) is 10.2 Å². The molecule has 22 heavy (non-hydrogen) atoms. The Labute approximate surface area is 136 Å². The Kier molecular flexibility index (Phi) is 6.50. The van der Waals surface area contributed by atoms with Crippen LogP contribution in [-0.4, -0.2) is 62.6 Å². The van der Waals surface area contributed by atoms with Crippen LogP contribution >= 0.6 is 11.8 Å². The van der Waals surface area contributed by atoms with Crippen molar-refractivity contribution in [1.29, 1.82) is 0 Å². The van der Waals surface area contributed by atoms with E-state index in [2.05, 4.69) is 32.7 Å². The smallest absolute Gasteiger partial charge is 0.191 e. The maximum atomic E-state index is 10.3. The van der Waals surface area contributed by atoms with Gasteiger partial charge in [-0.2, -0.15) is 11.8 Å². The number of nitrogens with one attached hydrogen (secondary N) is 2. The molecule has 3 N–H and O–H groups in total. The molecule has 7 nitrogen and oxygen atoms in total. The van der Waals surface area contributed by atoms with Crippen LogP contribution in [-0.2, 0) is 13.0 Å². The lowest BCUT2D eigenvalue weighted by Gasteiger charge is -2.20. The zero-order valence-corrected chi connectivity index (χ0v) is 14.2. The Morgan fingerprint density at radius 1 is 1.50 bits per heavy atom. The molecule has 0 aliphatic carbocycles. The van der Waals surface area contributed by atoms with Gasteiger partial charge in [-0.1, -0.05) is 6.92 Å². The highest BCUT2D eigenvalue weighted by Gasteiger charge is 2.31. The first-order valence-electron chi connectivity index (χ1n) is 7.86. The van der Waals surface area contributed by atoms with Crippen molar-refractivity contribution in [3.05, 3.63) is 12.2 Å². The van der Waals surface area contributed by atoms with Crippen molar-refractivity contribution in [3.63, 3.8) is 0 Å². The highest BCUT2D eigenvalue weighted by Crippen LogP contribution is 2.27. The second kappa shape index (κ2) is 8.38. The van der Waals surface area contributed by atoms with E-state index >= 15 is 0 Å². The molecule has 2 rings (SSSR count). The van der Waals surface area contributed by atoms with Crippen LogP contribution in [0.3, 0.4) is 0 Å². The minimum Gasteiger partial charge on any atom is -0.387 e. The van der Waals surface area contributed by atoms with Gasteiger partial charge in [0, 0.05) is 31.8 Å². The maximum absolute atomic E-state index is 10.3. The van der Waals surface area contributed by atoms with Gasteiger partial charge in [0.2, 0.25) is 0 Å². The van der Waals surface area contributed by atoms with Crippen molar-refractivity contribution in [2.75, 3.05) is 31.1 Å². The normalized spacial score (nSPS) is 22.0. The fourth-order valence-electron chi connectivity index (χ4n) is 2.32. The monoisotopic (exact) mass is 326 g/mol. The molecule has 1 fully saturated rings. The Bertz CT molecular complexity index is 483. The van der Waals surface area contributed by atoms with Crippen LogP contribution in [0.1, 0.15) is 26.1 Å². The average molecular weight is 326 g/mol. The number of guanidine groups is 1. The molecule has 1 aromatic rings. The lowest BCUT2D eigenvalue weighted by molar-refractivity contribution is 0.0778. The lowest BCUT2D eigenvalue weighted by atomic mass is 10.1. The minimum atomic E-state index is -0.642. The molecule has 1 aromatic heterocycles. The van der Waals surface area contributed by atoms with Gasteiger partial charge in [-0.05, 0) is 19.1 Å². The molecule has 1 saturated heterocycles. The maximum Gasteiger partial charge on any atom is 0.191 e. The summed E-state index contributed by atoms with van der Waals surface area (Å²) in [6.45, 7) is 6.88. The summed E-state index contributed by atoms with van der Waals surface area (Å²) in [7, 11) is 0. The van der Waals surface area contributed by atoms with Crippen LogP contribution in [0.25, 0.3) is 0 Å². The van der Waals surface area contributed by atoms with Crippen LogP contribution < -0.4 is 10.6 Å². The molecule has 0 aromatic carbocycles. The molecule has 8 heteroatoms. The number of aryl methyl sites for hydroxylation is 1. The number of nitrogens with zero attached hydrogens (tertiary/aromatic N) is 4. The Morgan fingerprint density at radius 3 is 3.05 bits per heavy atom. The summed E-state index contributed by atoms with van der Waals surface area (Å²) < 4.78 is 2.04. The van der Waals surface area contributed by atoms with Gasteiger partial charge < -0.3 is 20.3 Å². The van der Waals surface area contributed by atoms with Crippen LogP contribution in [0.2, 0.25) is 0 Å². The van der Waals surface area contributed by atoms with Crippen molar-refractivity contribution in [2.24, 2.45) is 4.99 Å². The molecule has 124 valence electrons. The summed E-state index contributed by atoms with van der Waals surface area (Å²) in [6.07, 6.45) is 3.45. The number of aliphatic hydroxyl groups is 1. The van der Waals surface area contributed by atoms with E-state index in [1.165, 1.54) is 0 Å². The number of hydrogen-bond donors (Lipinski definition) is 3. The van der Waals surface area contributed by atoms with Gasteiger partial charge in [0.15, 0.2) is 5.96 Å². The molecular weight excluding hydrogens is 300 g/mol. The highest BCUT2D eigenvalue weighted by atomic mass is 32.2. The van der Waals surface area contributed by atoms with E-state index in [-0.39, 0.29) is 0 Å². The molecule has 0 saturated carbocycles. The number of aromatic nitrogens is 3. The van der Waals surface area contributed by atoms with Crippen LogP contribution in [0, 0.1) is 0 Å². The Balaban J connectivity index is 1.83. The second-order valence-electron chi connectivity index (χ2n) is 5.44. The van der Waals surface area contributed by atoms with E-state index in [9.17, 15) is 5.11 Å². The second-order valence-corrected chi connectivity index (χ2v) is 6.55. The molecule has 1 aliphatic rings. The predicted molar refractivity (Wildman–Crippen MR) is 90.3 cm³/mol. The third-order valence-electron chi connectivity index (χ3n) is 3.62. The number of thioether (sulfide) groups is 1. The molecule has 1 atom stereocenters. The van der Waals surface area contributed by atoms with Gasteiger partial charge in [-0.3, -0.25) is 4.99 Å². The summed E-state index contributed by atoms with van der Waals surface area (Å²) in [5.41, 5.74) is -0.642. The number of aliphatic imine (C=N–C) groups is 1. The highest BCUT2D eigenvalue weighted by molar-refractivity contribution is 7.99. The summed E-state index contributed by atoms with van der Waals surface area (Å²) in [5.74, 6) is 3.53. The topological polar surface area (TPSA) is 87.4 Å². The fraction of sp³-hybridized carbons (Fsp3) is 0.786. The van der Waals surface area contributed by atoms with E-state index in [1.54, 1.807) is 18.1 Å². The summed E-state index contributed by atoms with van der Waals surface area (Å²) in [6, 6.07) is 0. The van der Waals surface area contributed by atoms with E-state index in [1.807, 2.05) is 11.5 Å². The van der Waals surface area contributed by atoms with Crippen molar-refractivity contribution in [1.82, 2.24) is 25.4 Å². The third-order valence-corrected chi connectivity index (χ3v) is 4.85. The van der Waals surface area contributed by atoms with Gasteiger partial charge >= 0.3 is 0 Å². The zero-order chi connectivity index (χ0) is 15.8. The third kappa shape index (κ3) is 4.88. The van der Waals surface area contributed by atoms with Crippen LogP contribution in [0.15, 0.2) is 11.3 Å². The van der Waals surface area contributed by atoms with Gasteiger partial charge in [0.1, 0.15) is 12.2 Å². The quantitative estimate of drug-likeness (QED) is 0.492. The molecule has 2 heterocycles. The first-order chi connectivity index (χ1) is 10.7. The number of hydrogen-bond acceptors (Lipinski definition) is 5. The van der Waals surface area contributed by atoms with E-state index in [4.69, 9.17) is 0 Å². The average Bonchev–Trinajstić information content (AvgIpc) is 3.14. The molecule has 0 radical (unpaired) electrons. The predicted octanol–water partition coefficient (Wildman–Crippen LogP) is 0.264. The fourth-order valence-corrected chi connectivity index (χ4v) is 3.61. The summed E-state index contributed by atoms with van der Waals surface area (Å²) >= 11 is 1.79. The molecular formula is C14H26N6OS. The summed E-state index contributed by atoms with van der Waals surface area (Å²) in [4.78, 5) is 4.52. The summed E-state index contributed by atoms with van der Waals surface area (Å²) in [5, 5.41) is 24.9. The van der Waals surface area contributed by atoms with Crippen LogP contribution in [0.4, 0.5) is 0 Å². The van der Waals surface area contributed by atoms with Crippen LogP contribution in [0.5, 0.6) is 0 Å². The Morgan fingerprint density at radius 2 is 2.36 bits per heavy atom. The molecule has 0 bridgehead atoms. The standard InChI is InChI=1S/C14H26N6OS/c1-3-12-19-18-11-20(12)7-6-16-13(15-4-2)17-9-14(21)5-8-22-10-14/h11,21H,3-10H2,1-2H3,(H2,15,16,17). The first kappa shape index (κ1) is 17.1. The van der Waals surface area contributed by atoms with E-state index in [0.717, 1.165) is 55.8 Å². The molecule has 1 unspecified atom stereocenters. The lowest BCUT2D eigenvalue weighted by Crippen LogP contribution is -2.41. The van der Waals surface area contributed by atoms with Crippen molar-refractivity contribution >= 4 is 17.7 Å². The molecule has 1 aliphatic heterocycles. The van der Waals surface area contributed by atoms with Gasteiger partial charge in [-0.25, -0.2) is 0 Å². The molecule has 0 amide bonds. The van der Waals surface area contributed by atoms with Crippen molar-refractivity contribution < 1.29 is 5.11 Å². The van der Waals surface area contributed by atoms with E-state index in [0.29, 0.717) is 6.54 Å². The zero-order valence-electron chi connectivity index (χ0n) is 13.4. The van der Waals surface area contributed by atoms with Gasteiger partial charge in [0.05, 0.1) is 12.1 Å². The van der Waals surface area contributed by atoms with E-state index < -0.39 is 5.60 Å². The minimum absolute atomic E-state index is 0.447. The van der Waals surface area contributed by atoms with Gasteiger partial charge in [0.25, 0.3) is 0 Å². The Hall–Kier alpha value is -1.28. The SMILES string of the molecule is CCNC(=NCC1(O)CCSC1)NCCn1cnnc1CC. The molecule has 0 spiro atoms. The first-order valence-corrected chi connectivity index (χ1v) is 9.01.